The molecule has 0 unspecified atom stereocenters. The number of aryl methyl sites for hydroxylation is 2. The first kappa shape index (κ1) is 18.3. The molecule has 4 heteroatoms. The molecule has 0 spiro atoms. The first-order chi connectivity index (χ1) is 13.6. The second-order valence-corrected chi connectivity index (χ2v) is 7.39. The molecule has 1 aliphatic rings. The molecule has 1 aromatic carbocycles. The molecule has 2 aromatic heterocycles. The monoisotopic (exact) mass is 371 g/mol. The van der Waals surface area contributed by atoms with E-state index in [2.05, 4.69) is 29.2 Å². The highest BCUT2D eigenvalue weighted by Crippen LogP contribution is 2.23. The summed E-state index contributed by atoms with van der Waals surface area (Å²) in [7, 11) is 4.00. The van der Waals surface area contributed by atoms with Gasteiger partial charge in [-0.1, -0.05) is 30.3 Å². The minimum atomic E-state index is 0.145. The summed E-state index contributed by atoms with van der Waals surface area (Å²) in [5.74, 6) is 0.145. The quantitative estimate of drug-likeness (QED) is 0.651. The van der Waals surface area contributed by atoms with E-state index in [1.807, 2.05) is 78.1 Å². The van der Waals surface area contributed by atoms with Gasteiger partial charge in [0.05, 0.1) is 0 Å². The molecule has 4 nitrogen and oxygen atoms in total. The van der Waals surface area contributed by atoms with Crippen molar-refractivity contribution in [1.29, 1.82) is 0 Å². The average Bonchev–Trinajstić information content (AvgIpc) is 3.28. The molecule has 1 saturated heterocycles. The minimum Gasteiger partial charge on any atom is -0.351 e. The second-order valence-electron chi connectivity index (χ2n) is 7.39. The predicted molar refractivity (Wildman–Crippen MR) is 114 cm³/mol. The molecular formula is C24H25N3O. The van der Waals surface area contributed by atoms with Gasteiger partial charge in [0.15, 0.2) is 5.78 Å². The Hall–Kier alpha value is -3.11. The lowest BCUT2D eigenvalue weighted by Crippen LogP contribution is -2.37. The highest BCUT2D eigenvalue weighted by atomic mass is 16.1. The number of carbonyl (C=O) groups excluding carboxylic acids is 1. The fourth-order valence-electron chi connectivity index (χ4n) is 3.67. The standard InChI is InChI=1S/C24H25N3O/c1-25-12-6-10-22(25)14-20-17-27(16-19-8-4-3-5-9-19)18-21(24(20)28)15-23-11-7-13-26(23)2/h3-15H,16-18H2,1-2H3/b20-14+,21-15+. The summed E-state index contributed by atoms with van der Waals surface area (Å²) < 4.78 is 4.08. The number of hydrogen-bond acceptors (Lipinski definition) is 2. The van der Waals surface area contributed by atoms with Crippen molar-refractivity contribution in [2.75, 3.05) is 13.1 Å². The number of carbonyl (C=O) groups is 1. The molecule has 0 amide bonds. The molecule has 3 aromatic rings. The van der Waals surface area contributed by atoms with E-state index in [4.69, 9.17) is 0 Å². The first-order valence-electron chi connectivity index (χ1n) is 9.55. The van der Waals surface area contributed by atoms with E-state index in [0.29, 0.717) is 13.1 Å². The Kier molecular flexibility index (Phi) is 5.13. The van der Waals surface area contributed by atoms with Crippen LogP contribution in [0.3, 0.4) is 0 Å². The van der Waals surface area contributed by atoms with Crippen molar-refractivity contribution in [3.63, 3.8) is 0 Å². The molecule has 3 heterocycles. The largest absolute Gasteiger partial charge is 0.351 e. The summed E-state index contributed by atoms with van der Waals surface area (Å²) in [6, 6.07) is 18.5. The summed E-state index contributed by atoms with van der Waals surface area (Å²) in [6.07, 6.45) is 8.06. The van der Waals surface area contributed by atoms with Crippen molar-refractivity contribution in [2.24, 2.45) is 14.1 Å². The van der Waals surface area contributed by atoms with E-state index in [1.165, 1.54) is 5.56 Å². The number of likely N-dealkylation sites (tertiary alicyclic amines) is 1. The number of aromatic nitrogens is 2. The van der Waals surface area contributed by atoms with Crippen LogP contribution in [0, 0.1) is 0 Å². The minimum absolute atomic E-state index is 0.145. The van der Waals surface area contributed by atoms with Gasteiger partial charge in [0, 0.05) is 68.7 Å². The van der Waals surface area contributed by atoms with Crippen LogP contribution in [-0.4, -0.2) is 32.9 Å². The number of ketones is 1. The molecule has 142 valence electrons. The molecule has 0 aliphatic carbocycles. The van der Waals surface area contributed by atoms with Crippen molar-refractivity contribution in [1.82, 2.24) is 14.0 Å². The van der Waals surface area contributed by atoms with Crippen LogP contribution >= 0.6 is 0 Å². The highest BCUT2D eigenvalue weighted by molar-refractivity contribution is 6.14. The van der Waals surface area contributed by atoms with E-state index in [0.717, 1.165) is 29.1 Å². The second kappa shape index (κ2) is 7.87. The summed E-state index contributed by atoms with van der Waals surface area (Å²) in [5.41, 5.74) is 5.02. The third kappa shape index (κ3) is 3.92. The first-order valence-corrected chi connectivity index (χ1v) is 9.55. The molecule has 0 bridgehead atoms. The number of Topliss-reactive ketones (excluding diaryl/α,β-unsaturated/α-hetero) is 1. The smallest absolute Gasteiger partial charge is 0.187 e. The maximum atomic E-state index is 13.2. The molecule has 28 heavy (non-hydrogen) atoms. The Morgan fingerprint density at radius 2 is 1.32 bits per heavy atom. The van der Waals surface area contributed by atoms with Gasteiger partial charge >= 0.3 is 0 Å². The zero-order valence-corrected chi connectivity index (χ0v) is 16.4. The fraction of sp³-hybridized carbons (Fsp3) is 0.208. The topological polar surface area (TPSA) is 30.2 Å². The van der Waals surface area contributed by atoms with Crippen LogP contribution < -0.4 is 0 Å². The van der Waals surface area contributed by atoms with Gasteiger partial charge in [-0.3, -0.25) is 9.69 Å². The van der Waals surface area contributed by atoms with Crippen LogP contribution in [0.5, 0.6) is 0 Å². The van der Waals surface area contributed by atoms with Crippen molar-refractivity contribution in [3.8, 4) is 0 Å². The van der Waals surface area contributed by atoms with E-state index in [9.17, 15) is 4.79 Å². The number of rotatable bonds is 4. The van der Waals surface area contributed by atoms with E-state index in [1.54, 1.807) is 0 Å². The van der Waals surface area contributed by atoms with E-state index in [-0.39, 0.29) is 5.78 Å². The van der Waals surface area contributed by atoms with Crippen molar-refractivity contribution >= 4 is 17.9 Å². The summed E-state index contributed by atoms with van der Waals surface area (Å²) in [5, 5.41) is 0. The van der Waals surface area contributed by atoms with Crippen molar-refractivity contribution in [2.45, 2.75) is 6.54 Å². The molecular weight excluding hydrogens is 346 g/mol. The summed E-state index contributed by atoms with van der Waals surface area (Å²) in [4.78, 5) is 15.6. The molecule has 4 rings (SSSR count). The molecule has 0 N–H and O–H groups in total. The Morgan fingerprint density at radius 1 is 0.786 bits per heavy atom. The van der Waals surface area contributed by atoms with Gasteiger partial charge in [0.25, 0.3) is 0 Å². The molecule has 0 radical (unpaired) electrons. The zero-order chi connectivity index (χ0) is 19.5. The van der Waals surface area contributed by atoms with Crippen LogP contribution in [0.4, 0.5) is 0 Å². The van der Waals surface area contributed by atoms with Crippen LogP contribution in [-0.2, 0) is 25.4 Å². The van der Waals surface area contributed by atoms with Gasteiger partial charge in [-0.05, 0) is 42.0 Å². The predicted octanol–water partition coefficient (Wildman–Crippen LogP) is 3.92. The average molecular weight is 371 g/mol. The zero-order valence-electron chi connectivity index (χ0n) is 16.4. The van der Waals surface area contributed by atoms with Crippen LogP contribution in [0.25, 0.3) is 12.2 Å². The highest BCUT2D eigenvalue weighted by Gasteiger charge is 2.26. The summed E-state index contributed by atoms with van der Waals surface area (Å²) in [6.45, 7) is 2.13. The third-order valence-corrected chi connectivity index (χ3v) is 5.23. The molecule has 1 aliphatic heterocycles. The van der Waals surface area contributed by atoms with E-state index >= 15 is 0 Å². The SMILES string of the molecule is Cn1cccc1/C=C1\CN(Cc2ccccc2)C/C(=C\c2cccn2C)C1=O. The van der Waals surface area contributed by atoms with Crippen LogP contribution in [0.1, 0.15) is 17.0 Å². The molecule has 0 saturated carbocycles. The number of benzene rings is 1. The maximum absolute atomic E-state index is 13.2. The Labute approximate surface area is 166 Å². The van der Waals surface area contributed by atoms with Gasteiger partial charge in [-0.25, -0.2) is 0 Å². The lowest BCUT2D eigenvalue weighted by atomic mass is 9.95. The van der Waals surface area contributed by atoms with Crippen molar-refractivity contribution < 1.29 is 4.79 Å². The van der Waals surface area contributed by atoms with Gasteiger partial charge in [-0.2, -0.15) is 0 Å². The lowest BCUT2D eigenvalue weighted by molar-refractivity contribution is -0.113. The van der Waals surface area contributed by atoms with Crippen molar-refractivity contribution in [3.05, 3.63) is 95.1 Å². The van der Waals surface area contributed by atoms with Gasteiger partial charge in [-0.15, -0.1) is 0 Å². The normalized spacial score (nSPS) is 18.3. The molecule has 1 fully saturated rings. The fourth-order valence-corrected chi connectivity index (χ4v) is 3.67. The lowest BCUT2D eigenvalue weighted by Gasteiger charge is -2.30. The van der Waals surface area contributed by atoms with E-state index < -0.39 is 0 Å². The third-order valence-electron chi connectivity index (χ3n) is 5.23. The van der Waals surface area contributed by atoms with Gasteiger partial charge in [0.2, 0.25) is 0 Å². The van der Waals surface area contributed by atoms with Gasteiger partial charge in [0.1, 0.15) is 0 Å². The number of hydrogen-bond donors (Lipinski definition) is 0. The Morgan fingerprint density at radius 3 is 1.79 bits per heavy atom. The van der Waals surface area contributed by atoms with Crippen LogP contribution in [0.15, 0.2) is 78.1 Å². The Bertz CT molecular complexity index is 975. The van der Waals surface area contributed by atoms with Gasteiger partial charge < -0.3 is 9.13 Å². The molecule has 0 atom stereocenters. The number of nitrogens with zero attached hydrogens (tertiary/aromatic N) is 3. The number of piperidine rings is 1. The summed E-state index contributed by atoms with van der Waals surface area (Å²) >= 11 is 0. The van der Waals surface area contributed by atoms with Crippen LogP contribution in [0.2, 0.25) is 0 Å². The maximum Gasteiger partial charge on any atom is 0.187 e. The Balaban J connectivity index is 1.68.